The molecular formula is C22H24N2O3. The minimum absolute atomic E-state index is 0.201. The molecule has 0 aliphatic heterocycles. The van der Waals surface area contributed by atoms with Crippen molar-refractivity contribution in [3.63, 3.8) is 0 Å². The first-order chi connectivity index (χ1) is 13.0. The van der Waals surface area contributed by atoms with Crippen LogP contribution >= 0.6 is 0 Å². The van der Waals surface area contributed by atoms with Crippen LogP contribution < -0.4 is 10.9 Å². The number of aromatic hydroxyl groups is 1. The number of rotatable bonds is 6. The van der Waals surface area contributed by atoms with Crippen molar-refractivity contribution < 1.29 is 9.90 Å². The zero-order valence-corrected chi connectivity index (χ0v) is 15.6. The van der Waals surface area contributed by atoms with E-state index in [1.54, 1.807) is 22.8 Å². The van der Waals surface area contributed by atoms with Crippen molar-refractivity contribution in [2.45, 2.75) is 33.4 Å². The van der Waals surface area contributed by atoms with Gasteiger partial charge in [0.2, 0.25) is 0 Å². The maximum absolute atomic E-state index is 13.0. The van der Waals surface area contributed by atoms with Crippen LogP contribution in [0.3, 0.4) is 0 Å². The lowest BCUT2D eigenvalue weighted by molar-refractivity contribution is 0.0946. The Morgan fingerprint density at radius 3 is 2.44 bits per heavy atom. The van der Waals surface area contributed by atoms with Crippen molar-refractivity contribution in [3.05, 3.63) is 76.1 Å². The number of benzene rings is 2. The minimum Gasteiger partial charge on any atom is -0.506 e. The molecule has 0 bridgehead atoms. The third-order valence-electron chi connectivity index (χ3n) is 4.60. The van der Waals surface area contributed by atoms with Gasteiger partial charge in [0.1, 0.15) is 11.3 Å². The lowest BCUT2D eigenvalue weighted by Crippen LogP contribution is -2.33. The van der Waals surface area contributed by atoms with Crippen molar-refractivity contribution in [2.75, 3.05) is 0 Å². The van der Waals surface area contributed by atoms with Gasteiger partial charge < -0.3 is 15.0 Å². The number of fused-ring (bicyclic) bond motifs is 1. The van der Waals surface area contributed by atoms with E-state index in [2.05, 4.69) is 19.2 Å². The summed E-state index contributed by atoms with van der Waals surface area (Å²) in [6.07, 6.45) is 0.805. The summed E-state index contributed by atoms with van der Waals surface area (Å²) in [6.45, 7) is 4.95. The highest BCUT2D eigenvalue weighted by Crippen LogP contribution is 2.26. The van der Waals surface area contributed by atoms with Gasteiger partial charge in [-0.25, -0.2) is 0 Å². The number of nitrogens with one attached hydrogen (secondary N) is 1. The molecule has 140 valence electrons. The number of carbonyl (C=O) groups excluding carboxylic acids is 1. The molecule has 0 fully saturated rings. The fraction of sp³-hybridized carbons (Fsp3) is 0.273. The normalized spacial score (nSPS) is 11.1. The predicted octanol–water partition coefficient (Wildman–Crippen LogP) is 3.68. The number of para-hydroxylation sites is 1. The van der Waals surface area contributed by atoms with Crippen LogP contribution in [0.1, 0.15) is 36.2 Å². The number of nitrogens with zero attached hydrogens (tertiary/aromatic N) is 1. The maximum atomic E-state index is 13.0. The van der Waals surface area contributed by atoms with Crippen LogP contribution in [0.15, 0.2) is 59.4 Å². The first kappa shape index (κ1) is 18.7. The Morgan fingerprint density at radius 1 is 1.07 bits per heavy atom. The number of hydrogen-bond donors (Lipinski definition) is 2. The second-order valence-corrected chi connectivity index (χ2v) is 7.05. The summed E-state index contributed by atoms with van der Waals surface area (Å²) >= 11 is 0. The smallest absolute Gasteiger partial charge is 0.267 e. The molecule has 0 unspecified atom stereocenters. The van der Waals surface area contributed by atoms with E-state index in [-0.39, 0.29) is 17.9 Å². The topological polar surface area (TPSA) is 71.3 Å². The highest BCUT2D eigenvalue weighted by molar-refractivity contribution is 6.02. The van der Waals surface area contributed by atoms with E-state index in [1.807, 2.05) is 36.4 Å². The highest BCUT2D eigenvalue weighted by Gasteiger charge is 2.22. The molecule has 5 heteroatoms. The lowest BCUT2D eigenvalue weighted by atomic mass is 10.1. The Balaban J connectivity index is 2.01. The number of aryl methyl sites for hydroxylation is 1. The Morgan fingerprint density at radius 2 is 1.74 bits per heavy atom. The van der Waals surface area contributed by atoms with Crippen LogP contribution in [0, 0.1) is 5.92 Å². The van der Waals surface area contributed by atoms with Crippen LogP contribution in [0.5, 0.6) is 5.75 Å². The molecule has 0 spiro atoms. The second kappa shape index (κ2) is 8.08. The first-order valence-electron chi connectivity index (χ1n) is 9.15. The Hall–Kier alpha value is -3.08. The van der Waals surface area contributed by atoms with Crippen molar-refractivity contribution >= 4 is 16.8 Å². The fourth-order valence-electron chi connectivity index (χ4n) is 3.07. The van der Waals surface area contributed by atoms with Gasteiger partial charge in [0, 0.05) is 18.5 Å². The van der Waals surface area contributed by atoms with Crippen LogP contribution in [-0.2, 0) is 13.1 Å². The van der Waals surface area contributed by atoms with Crippen molar-refractivity contribution in [1.82, 2.24) is 9.88 Å². The number of hydrogen-bond acceptors (Lipinski definition) is 3. The summed E-state index contributed by atoms with van der Waals surface area (Å²) in [5.41, 5.74) is 0.900. The molecule has 0 saturated carbocycles. The lowest BCUT2D eigenvalue weighted by Gasteiger charge is -2.16. The van der Waals surface area contributed by atoms with Crippen LogP contribution in [0.25, 0.3) is 10.9 Å². The molecule has 1 heterocycles. The van der Waals surface area contributed by atoms with Gasteiger partial charge in [-0.1, -0.05) is 56.3 Å². The van der Waals surface area contributed by atoms with E-state index in [1.165, 1.54) is 0 Å². The van der Waals surface area contributed by atoms with Crippen LogP contribution in [0.2, 0.25) is 0 Å². The summed E-state index contributed by atoms with van der Waals surface area (Å²) in [7, 11) is 0. The van der Waals surface area contributed by atoms with Crippen molar-refractivity contribution in [1.29, 1.82) is 0 Å². The van der Waals surface area contributed by atoms with Crippen molar-refractivity contribution in [2.24, 2.45) is 5.92 Å². The van der Waals surface area contributed by atoms with Crippen molar-refractivity contribution in [3.8, 4) is 5.75 Å². The number of pyridine rings is 1. The van der Waals surface area contributed by atoms with Gasteiger partial charge in [-0.3, -0.25) is 9.59 Å². The molecule has 3 aromatic rings. The molecule has 0 radical (unpaired) electrons. The van der Waals surface area contributed by atoms with Gasteiger partial charge in [0.05, 0.1) is 5.52 Å². The van der Waals surface area contributed by atoms with Gasteiger partial charge >= 0.3 is 0 Å². The predicted molar refractivity (Wildman–Crippen MR) is 107 cm³/mol. The van der Waals surface area contributed by atoms with Crippen LogP contribution in [-0.4, -0.2) is 15.6 Å². The zero-order valence-electron chi connectivity index (χ0n) is 15.6. The van der Waals surface area contributed by atoms with Crippen LogP contribution in [0.4, 0.5) is 0 Å². The number of aromatic nitrogens is 1. The van der Waals surface area contributed by atoms with E-state index >= 15 is 0 Å². The molecule has 1 aromatic heterocycles. The minimum atomic E-state index is -0.564. The monoisotopic (exact) mass is 364 g/mol. The summed E-state index contributed by atoms with van der Waals surface area (Å²) in [5.74, 6) is -0.410. The van der Waals surface area contributed by atoms with E-state index < -0.39 is 11.5 Å². The standard InChI is InChI=1S/C22H24N2O3/c1-15(2)12-13-24-18-11-7-6-10-17(18)20(25)19(22(24)27)21(26)23-14-16-8-4-3-5-9-16/h3-11,15,25H,12-14H2,1-2H3,(H,23,26). The summed E-state index contributed by atoms with van der Waals surface area (Å²) in [5, 5.41) is 13.9. The number of amides is 1. The largest absolute Gasteiger partial charge is 0.506 e. The Labute approximate surface area is 158 Å². The Kier molecular flexibility index (Phi) is 5.60. The van der Waals surface area contributed by atoms with E-state index in [4.69, 9.17) is 0 Å². The molecule has 5 nitrogen and oxygen atoms in total. The third-order valence-corrected chi connectivity index (χ3v) is 4.60. The van der Waals surface area contributed by atoms with E-state index in [0.717, 1.165) is 12.0 Å². The highest BCUT2D eigenvalue weighted by atomic mass is 16.3. The molecule has 0 aliphatic rings. The molecule has 2 N–H and O–H groups in total. The van der Waals surface area contributed by atoms with Gasteiger partial charge in [-0.05, 0) is 30.0 Å². The average Bonchev–Trinajstić information content (AvgIpc) is 2.67. The van der Waals surface area contributed by atoms with Gasteiger partial charge in [-0.2, -0.15) is 0 Å². The Bertz CT molecular complexity index is 1010. The summed E-state index contributed by atoms with van der Waals surface area (Å²) in [6, 6.07) is 16.6. The number of carbonyl (C=O) groups is 1. The molecule has 0 saturated heterocycles. The SMILES string of the molecule is CC(C)CCn1c(=O)c(C(=O)NCc2ccccc2)c(O)c2ccccc21. The third kappa shape index (κ3) is 4.03. The maximum Gasteiger partial charge on any atom is 0.267 e. The molecule has 0 atom stereocenters. The quantitative estimate of drug-likeness (QED) is 0.701. The molecule has 27 heavy (non-hydrogen) atoms. The van der Waals surface area contributed by atoms with Gasteiger partial charge in [0.15, 0.2) is 0 Å². The van der Waals surface area contributed by atoms with Gasteiger partial charge in [-0.15, -0.1) is 0 Å². The second-order valence-electron chi connectivity index (χ2n) is 7.05. The molecule has 0 aliphatic carbocycles. The molecule has 1 amide bonds. The zero-order chi connectivity index (χ0) is 19.4. The van der Waals surface area contributed by atoms with E-state index in [9.17, 15) is 14.7 Å². The average molecular weight is 364 g/mol. The first-order valence-corrected chi connectivity index (χ1v) is 9.15. The fourth-order valence-corrected chi connectivity index (χ4v) is 3.07. The summed E-state index contributed by atoms with van der Waals surface area (Å²) < 4.78 is 1.59. The summed E-state index contributed by atoms with van der Waals surface area (Å²) in [4.78, 5) is 25.7. The molecule has 3 rings (SSSR count). The van der Waals surface area contributed by atoms with E-state index in [0.29, 0.717) is 23.4 Å². The molecule has 2 aromatic carbocycles. The molecular weight excluding hydrogens is 340 g/mol. The van der Waals surface area contributed by atoms with Gasteiger partial charge in [0.25, 0.3) is 11.5 Å².